The standard InChI is InChI=1S/C27H16S/c1-3-9-18-16(7-1)13-14-23-25(18)26-24-19-10-4-2-8-17(19)15-22(24)20-11-5-6-12-21(20)27(26)28-23/h1-14H,15H2. The van der Waals surface area contributed by atoms with Gasteiger partial charge in [0.25, 0.3) is 0 Å². The summed E-state index contributed by atoms with van der Waals surface area (Å²) < 4.78 is 2.81. The van der Waals surface area contributed by atoms with E-state index in [0.717, 1.165) is 6.42 Å². The van der Waals surface area contributed by atoms with Gasteiger partial charge in [-0.15, -0.1) is 11.3 Å². The maximum absolute atomic E-state index is 2.31. The lowest BCUT2D eigenvalue weighted by Crippen LogP contribution is -1.86. The van der Waals surface area contributed by atoms with Crippen molar-refractivity contribution in [3.63, 3.8) is 0 Å². The van der Waals surface area contributed by atoms with Crippen molar-refractivity contribution >= 4 is 53.1 Å². The highest BCUT2D eigenvalue weighted by molar-refractivity contribution is 7.27. The lowest BCUT2D eigenvalue weighted by Gasteiger charge is -2.10. The summed E-state index contributed by atoms with van der Waals surface area (Å²) in [5.74, 6) is 0. The molecule has 0 spiro atoms. The molecule has 0 saturated heterocycles. The van der Waals surface area contributed by atoms with Crippen molar-refractivity contribution in [1.29, 1.82) is 0 Å². The van der Waals surface area contributed by atoms with Crippen LogP contribution in [0, 0.1) is 0 Å². The molecule has 0 bridgehead atoms. The van der Waals surface area contributed by atoms with Crippen LogP contribution in [-0.2, 0) is 6.42 Å². The van der Waals surface area contributed by atoms with Crippen LogP contribution in [-0.4, -0.2) is 0 Å². The smallest absolute Gasteiger partial charge is 0.0440 e. The van der Waals surface area contributed by atoms with Gasteiger partial charge in [-0.05, 0) is 56.3 Å². The van der Waals surface area contributed by atoms with Crippen molar-refractivity contribution in [1.82, 2.24) is 0 Å². The molecule has 0 radical (unpaired) electrons. The molecule has 6 aromatic rings. The second-order valence-corrected chi connectivity index (χ2v) is 8.75. The van der Waals surface area contributed by atoms with Gasteiger partial charge in [-0.3, -0.25) is 0 Å². The topological polar surface area (TPSA) is 0 Å². The van der Waals surface area contributed by atoms with Crippen LogP contribution < -0.4 is 0 Å². The van der Waals surface area contributed by atoms with Gasteiger partial charge in [0, 0.05) is 20.2 Å². The fourth-order valence-corrected chi connectivity index (χ4v) is 6.38. The van der Waals surface area contributed by atoms with Crippen LogP contribution in [0.25, 0.3) is 52.8 Å². The summed E-state index contributed by atoms with van der Waals surface area (Å²) in [7, 11) is 0. The fraction of sp³-hybridized carbons (Fsp3) is 0.0370. The molecular formula is C27H16S. The average Bonchev–Trinajstić information content (AvgIpc) is 3.33. The van der Waals surface area contributed by atoms with Crippen LogP contribution in [0.15, 0.2) is 84.9 Å². The van der Waals surface area contributed by atoms with E-state index < -0.39 is 0 Å². The molecule has 0 fully saturated rings. The number of hydrogen-bond donors (Lipinski definition) is 0. The first-order valence-electron chi connectivity index (χ1n) is 9.76. The van der Waals surface area contributed by atoms with Crippen LogP contribution >= 0.6 is 11.3 Å². The zero-order valence-corrected chi connectivity index (χ0v) is 16.0. The van der Waals surface area contributed by atoms with Gasteiger partial charge in [-0.1, -0.05) is 78.9 Å². The quantitative estimate of drug-likeness (QED) is 0.253. The van der Waals surface area contributed by atoms with Gasteiger partial charge >= 0.3 is 0 Å². The predicted octanol–water partition coefficient (Wildman–Crippen LogP) is 7.93. The minimum atomic E-state index is 1.03. The van der Waals surface area contributed by atoms with Crippen LogP contribution in [0.3, 0.4) is 0 Å². The summed E-state index contributed by atoms with van der Waals surface area (Å²) in [5, 5.41) is 8.38. The predicted molar refractivity (Wildman–Crippen MR) is 123 cm³/mol. The van der Waals surface area contributed by atoms with Crippen molar-refractivity contribution in [2.24, 2.45) is 0 Å². The highest BCUT2D eigenvalue weighted by Crippen LogP contribution is 2.51. The molecule has 1 aliphatic rings. The van der Waals surface area contributed by atoms with Crippen molar-refractivity contribution in [3.8, 4) is 11.1 Å². The molecule has 1 aliphatic carbocycles. The second kappa shape index (κ2) is 5.21. The maximum Gasteiger partial charge on any atom is 0.0440 e. The maximum atomic E-state index is 2.31. The Kier molecular flexibility index (Phi) is 2.76. The molecule has 0 N–H and O–H groups in total. The monoisotopic (exact) mass is 372 g/mol. The first-order chi connectivity index (χ1) is 13.9. The fourth-order valence-electron chi connectivity index (χ4n) is 5.12. The third-order valence-electron chi connectivity index (χ3n) is 6.28. The Labute approximate surface area is 166 Å². The van der Waals surface area contributed by atoms with Gasteiger partial charge in [0.2, 0.25) is 0 Å². The van der Waals surface area contributed by atoms with Gasteiger partial charge in [0.05, 0.1) is 0 Å². The Morgan fingerprint density at radius 2 is 1.36 bits per heavy atom. The minimum absolute atomic E-state index is 1.03. The molecule has 0 nitrogen and oxygen atoms in total. The lowest BCUT2D eigenvalue weighted by molar-refractivity contribution is 1.29. The molecule has 0 aliphatic heterocycles. The lowest BCUT2D eigenvalue weighted by atomic mass is 9.92. The molecule has 1 heteroatoms. The van der Waals surface area contributed by atoms with Crippen LogP contribution in [0.2, 0.25) is 0 Å². The number of fused-ring (bicyclic) bond motifs is 12. The molecule has 28 heavy (non-hydrogen) atoms. The Morgan fingerprint density at radius 1 is 0.607 bits per heavy atom. The van der Waals surface area contributed by atoms with E-state index in [1.54, 1.807) is 0 Å². The number of benzene rings is 5. The highest BCUT2D eigenvalue weighted by Gasteiger charge is 2.26. The summed E-state index contributed by atoms with van der Waals surface area (Å²) in [6.07, 6.45) is 1.03. The van der Waals surface area contributed by atoms with Crippen molar-refractivity contribution < 1.29 is 0 Å². The van der Waals surface area contributed by atoms with E-state index in [1.165, 1.54) is 64.0 Å². The largest absolute Gasteiger partial charge is 0.134 e. The van der Waals surface area contributed by atoms with E-state index in [-0.39, 0.29) is 0 Å². The van der Waals surface area contributed by atoms with E-state index in [2.05, 4.69) is 84.9 Å². The number of rotatable bonds is 0. The molecule has 5 aromatic carbocycles. The van der Waals surface area contributed by atoms with Crippen LogP contribution in [0.5, 0.6) is 0 Å². The Hall–Kier alpha value is -3.16. The summed E-state index contributed by atoms with van der Waals surface area (Å²) in [4.78, 5) is 0. The number of hydrogen-bond acceptors (Lipinski definition) is 1. The van der Waals surface area contributed by atoms with E-state index in [4.69, 9.17) is 0 Å². The molecule has 0 atom stereocenters. The van der Waals surface area contributed by atoms with Gasteiger partial charge in [-0.25, -0.2) is 0 Å². The van der Waals surface area contributed by atoms with E-state index >= 15 is 0 Å². The SMILES string of the molecule is c1ccc2c(c1)Cc1c-2c2c(sc3ccc4ccccc4c32)c2ccccc12. The van der Waals surface area contributed by atoms with Gasteiger partial charge < -0.3 is 0 Å². The Bertz CT molecular complexity index is 1580. The molecule has 1 aromatic heterocycles. The first kappa shape index (κ1) is 14.8. The summed E-state index contributed by atoms with van der Waals surface area (Å²) >= 11 is 1.95. The molecule has 0 unspecified atom stereocenters. The zero-order valence-electron chi connectivity index (χ0n) is 15.2. The van der Waals surface area contributed by atoms with Crippen molar-refractivity contribution in [2.75, 3.05) is 0 Å². The van der Waals surface area contributed by atoms with Gasteiger partial charge in [0.15, 0.2) is 0 Å². The average molecular weight is 372 g/mol. The van der Waals surface area contributed by atoms with Crippen molar-refractivity contribution in [2.45, 2.75) is 6.42 Å². The van der Waals surface area contributed by atoms with Crippen molar-refractivity contribution in [3.05, 3.63) is 96.1 Å². The van der Waals surface area contributed by atoms with E-state index in [1.807, 2.05) is 11.3 Å². The summed E-state index contributed by atoms with van der Waals surface area (Å²) in [6.45, 7) is 0. The summed E-state index contributed by atoms with van der Waals surface area (Å²) in [5.41, 5.74) is 5.83. The molecule has 0 amide bonds. The summed E-state index contributed by atoms with van der Waals surface area (Å²) in [6, 6.07) is 31.3. The van der Waals surface area contributed by atoms with Gasteiger partial charge in [0.1, 0.15) is 0 Å². The molecule has 7 rings (SSSR count). The third-order valence-corrected chi connectivity index (χ3v) is 7.47. The van der Waals surface area contributed by atoms with E-state index in [9.17, 15) is 0 Å². The first-order valence-corrected chi connectivity index (χ1v) is 10.6. The Balaban J connectivity index is 1.84. The number of thiophene rings is 1. The normalized spacial score (nSPS) is 12.9. The van der Waals surface area contributed by atoms with Gasteiger partial charge in [-0.2, -0.15) is 0 Å². The molecule has 130 valence electrons. The highest BCUT2D eigenvalue weighted by atomic mass is 32.1. The Morgan fingerprint density at radius 3 is 2.29 bits per heavy atom. The van der Waals surface area contributed by atoms with Crippen LogP contribution in [0.1, 0.15) is 11.1 Å². The molecule has 0 saturated carbocycles. The third kappa shape index (κ3) is 1.75. The molecule has 1 heterocycles. The van der Waals surface area contributed by atoms with Crippen LogP contribution in [0.4, 0.5) is 0 Å². The zero-order chi connectivity index (χ0) is 18.2. The van der Waals surface area contributed by atoms with E-state index in [0.29, 0.717) is 0 Å². The molecular weight excluding hydrogens is 356 g/mol. The minimum Gasteiger partial charge on any atom is -0.134 e. The second-order valence-electron chi connectivity index (χ2n) is 7.70.